The Labute approximate surface area is 206 Å². The molecule has 8 heteroatoms. The highest BCUT2D eigenvalue weighted by atomic mass is 32.1. The number of piperidine rings is 1. The minimum Gasteiger partial charge on any atom is -0.338 e. The zero-order chi connectivity index (χ0) is 24.4. The molecule has 35 heavy (non-hydrogen) atoms. The third-order valence-electron chi connectivity index (χ3n) is 6.45. The van der Waals surface area contributed by atoms with E-state index >= 15 is 0 Å². The van der Waals surface area contributed by atoms with Crippen LogP contribution in [0.25, 0.3) is 10.2 Å². The van der Waals surface area contributed by atoms with Crippen molar-refractivity contribution in [2.24, 2.45) is 5.92 Å². The lowest BCUT2D eigenvalue weighted by molar-refractivity contribution is -0.121. The van der Waals surface area contributed by atoms with Crippen molar-refractivity contribution in [3.05, 3.63) is 92.8 Å². The fourth-order valence-electron chi connectivity index (χ4n) is 4.52. The molecule has 2 amide bonds. The average Bonchev–Trinajstić information content (AvgIpc) is 3.21. The summed E-state index contributed by atoms with van der Waals surface area (Å²) in [6.45, 7) is 2.81. The van der Waals surface area contributed by atoms with Crippen LogP contribution in [0.3, 0.4) is 0 Å². The maximum atomic E-state index is 13.3. The van der Waals surface area contributed by atoms with Crippen LogP contribution in [-0.4, -0.2) is 39.8 Å². The molecule has 0 spiro atoms. The van der Waals surface area contributed by atoms with E-state index in [9.17, 15) is 14.4 Å². The molecule has 0 aliphatic carbocycles. The zero-order valence-corrected chi connectivity index (χ0v) is 20.2. The molecule has 2 aromatic heterocycles. The van der Waals surface area contributed by atoms with Crippen molar-refractivity contribution in [2.45, 2.75) is 26.2 Å². The van der Waals surface area contributed by atoms with Crippen molar-refractivity contribution in [3.63, 3.8) is 0 Å². The van der Waals surface area contributed by atoms with Crippen LogP contribution in [0.5, 0.6) is 0 Å². The first-order valence-corrected chi connectivity index (χ1v) is 12.5. The van der Waals surface area contributed by atoms with Gasteiger partial charge >= 0.3 is 0 Å². The molecule has 1 fully saturated rings. The van der Waals surface area contributed by atoms with E-state index in [0.717, 1.165) is 11.3 Å². The number of para-hydroxylation sites is 1. The number of thiophene rings is 1. The van der Waals surface area contributed by atoms with Gasteiger partial charge in [0, 0.05) is 31.1 Å². The number of fused-ring (bicyclic) bond motifs is 1. The van der Waals surface area contributed by atoms with Gasteiger partial charge < -0.3 is 15.2 Å². The molecule has 0 radical (unpaired) electrons. The van der Waals surface area contributed by atoms with Crippen molar-refractivity contribution in [2.75, 3.05) is 18.4 Å². The number of nitrogens with zero attached hydrogens (tertiary/aromatic N) is 2. The van der Waals surface area contributed by atoms with Gasteiger partial charge in [0.2, 0.25) is 5.91 Å². The van der Waals surface area contributed by atoms with Crippen molar-refractivity contribution in [1.29, 1.82) is 0 Å². The normalized spacial score (nSPS) is 14.3. The molecular weight excluding hydrogens is 460 g/mol. The van der Waals surface area contributed by atoms with Crippen molar-refractivity contribution in [3.8, 4) is 0 Å². The maximum absolute atomic E-state index is 13.3. The van der Waals surface area contributed by atoms with Gasteiger partial charge in [0.05, 0.1) is 10.3 Å². The standard InChI is InChI=1S/C27H26N4O3S/c1-17-22-25(33)29-21(16-18-8-4-2-5-9-18)30-26(22)35-23(17)27(34)31-14-12-19(13-15-31)24(32)28-20-10-6-3-7-11-20/h2-11,19H,12-16H2,1H3,(H,28,32)(H,29,30,33). The molecule has 0 unspecified atom stereocenters. The monoisotopic (exact) mass is 486 g/mol. The number of H-pyrrole nitrogens is 1. The summed E-state index contributed by atoms with van der Waals surface area (Å²) < 4.78 is 0. The lowest BCUT2D eigenvalue weighted by Crippen LogP contribution is -2.41. The molecule has 0 bridgehead atoms. The van der Waals surface area contributed by atoms with Crippen LogP contribution in [-0.2, 0) is 11.2 Å². The number of nitrogens with one attached hydrogen (secondary N) is 2. The molecule has 7 nitrogen and oxygen atoms in total. The number of carbonyl (C=O) groups excluding carboxylic acids is 2. The first kappa shape index (κ1) is 23.0. The fourth-order valence-corrected chi connectivity index (χ4v) is 5.69. The van der Waals surface area contributed by atoms with Crippen LogP contribution in [0.15, 0.2) is 65.5 Å². The number of likely N-dealkylation sites (tertiary alicyclic amines) is 1. The number of amides is 2. The van der Waals surface area contributed by atoms with E-state index in [2.05, 4.69) is 15.3 Å². The van der Waals surface area contributed by atoms with Gasteiger partial charge in [0.15, 0.2) is 0 Å². The second-order valence-electron chi connectivity index (χ2n) is 8.83. The number of benzene rings is 2. The third-order valence-corrected chi connectivity index (χ3v) is 7.63. The van der Waals surface area contributed by atoms with Gasteiger partial charge in [-0.1, -0.05) is 48.5 Å². The molecule has 2 N–H and O–H groups in total. The highest BCUT2D eigenvalue weighted by Gasteiger charge is 2.30. The topological polar surface area (TPSA) is 95.2 Å². The minimum absolute atomic E-state index is 0.0111. The summed E-state index contributed by atoms with van der Waals surface area (Å²) in [6, 6.07) is 19.2. The van der Waals surface area contributed by atoms with Gasteiger partial charge in [-0.25, -0.2) is 4.98 Å². The van der Waals surface area contributed by atoms with E-state index in [1.54, 1.807) is 11.8 Å². The van der Waals surface area contributed by atoms with Gasteiger partial charge in [-0.05, 0) is 43.0 Å². The van der Waals surface area contributed by atoms with Crippen LogP contribution in [0.4, 0.5) is 5.69 Å². The Morgan fingerprint density at radius 1 is 1.06 bits per heavy atom. The molecule has 0 saturated carbocycles. The van der Waals surface area contributed by atoms with E-state index < -0.39 is 0 Å². The Balaban J connectivity index is 1.29. The predicted molar refractivity (Wildman–Crippen MR) is 138 cm³/mol. The van der Waals surface area contributed by atoms with E-state index in [1.165, 1.54) is 11.3 Å². The van der Waals surface area contributed by atoms with Gasteiger partial charge in [-0.3, -0.25) is 14.4 Å². The van der Waals surface area contributed by atoms with Crippen molar-refractivity contribution in [1.82, 2.24) is 14.9 Å². The number of rotatable bonds is 5. The highest BCUT2D eigenvalue weighted by Crippen LogP contribution is 2.30. The molecule has 2 aromatic carbocycles. The van der Waals surface area contributed by atoms with Crippen molar-refractivity contribution >= 4 is 39.1 Å². The number of carbonyl (C=O) groups is 2. The molecule has 178 valence electrons. The Morgan fingerprint density at radius 2 is 1.71 bits per heavy atom. The van der Waals surface area contributed by atoms with Crippen LogP contribution >= 0.6 is 11.3 Å². The fraction of sp³-hybridized carbons (Fsp3) is 0.259. The van der Waals surface area contributed by atoms with Crippen LogP contribution in [0.1, 0.15) is 39.5 Å². The summed E-state index contributed by atoms with van der Waals surface area (Å²) in [5.74, 6) is 0.339. The summed E-state index contributed by atoms with van der Waals surface area (Å²) in [7, 11) is 0. The number of aromatic nitrogens is 2. The van der Waals surface area contributed by atoms with E-state index in [0.29, 0.717) is 58.8 Å². The quantitative estimate of drug-likeness (QED) is 0.438. The lowest BCUT2D eigenvalue weighted by atomic mass is 9.95. The second kappa shape index (κ2) is 9.84. The molecular formula is C27H26N4O3S. The molecule has 0 atom stereocenters. The van der Waals surface area contributed by atoms with Crippen LogP contribution in [0, 0.1) is 12.8 Å². The first-order chi connectivity index (χ1) is 17.0. The van der Waals surface area contributed by atoms with Gasteiger partial charge in [0.25, 0.3) is 11.5 Å². The molecule has 4 aromatic rings. The molecule has 5 rings (SSSR count). The number of hydrogen-bond acceptors (Lipinski definition) is 5. The Kier molecular flexibility index (Phi) is 6.46. The summed E-state index contributed by atoms with van der Waals surface area (Å²) in [4.78, 5) is 49.2. The highest BCUT2D eigenvalue weighted by molar-refractivity contribution is 7.20. The van der Waals surface area contributed by atoms with Crippen LogP contribution < -0.4 is 10.9 Å². The minimum atomic E-state index is -0.218. The summed E-state index contributed by atoms with van der Waals surface area (Å²) in [6.07, 6.45) is 1.73. The number of hydrogen-bond donors (Lipinski definition) is 2. The molecule has 1 aliphatic rings. The summed E-state index contributed by atoms with van der Waals surface area (Å²) >= 11 is 1.27. The van der Waals surface area contributed by atoms with Gasteiger partial charge in [-0.15, -0.1) is 11.3 Å². The average molecular weight is 487 g/mol. The second-order valence-corrected chi connectivity index (χ2v) is 9.83. The van der Waals surface area contributed by atoms with Gasteiger partial charge in [-0.2, -0.15) is 0 Å². The van der Waals surface area contributed by atoms with Crippen LogP contribution in [0.2, 0.25) is 0 Å². The summed E-state index contributed by atoms with van der Waals surface area (Å²) in [5, 5.41) is 3.44. The van der Waals surface area contributed by atoms with Crippen molar-refractivity contribution < 1.29 is 9.59 Å². The largest absolute Gasteiger partial charge is 0.338 e. The maximum Gasteiger partial charge on any atom is 0.264 e. The third kappa shape index (κ3) is 4.88. The molecule has 1 saturated heterocycles. The first-order valence-electron chi connectivity index (χ1n) is 11.7. The lowest BCUT2D eigenvalue weighted by Gasteiger charge is -2.31. The Hall–Kier alpha value is -3.78. The summed E-state index contributed by atoms with van der Waals surface area (Å²) in [5.41, 5.74) is 2.28. The van der Waals surface area contributed by atoms with E-state index in [1.807, 2.05) is 60.7 Å². The van der Waals surface area contributed by atoms with E-state index in [-0.39, 0.29) is 23.3 Å². The number of aromatic amines is 1. The Bertz CT molecular complexity index is 1420. The number of aryl methyl sites for hydroxylation is 1. The number of anilines is 1. The van der Waals surface area contributed by atoms with E-state index in [4.69, 9.17) is 0 Å². The molecule has 1 aliphatic heterocycles. The Morgan fingerprint density at radius 3 is 2.40 bits per heavy atom. The SMILES string of the molecule is Cc1c(C(=O)N2CCC(C(=O)Nc3ccccc3)CC2)sc2nc(Cc3ccccc3)[nH]c(=O)c12. The van der Waals surface area contributed by atoms with Gasteiger partial charge in [0.1, 0.15) is 10.7 Å². The smallest absolute Gasteiger partial charge is 0.264 e. The molecule has 3 heterocycles. The zero-order valence-electron chi connectivity index (χ0n) is 19.4. The predicted octanol–water partition coefficient (Wildman–Crippen LogP) is 4.37.